The van der Waals surface area contributed by atoms with E-state index in [-0.39, 0.29) is 36.5 Å². The van der Waals surface area contributed by atoms with E-state index in [4.69, 9.17) is 20.9 Å². The maximum absolute atomic E-state index is 12.0. The predicted molar refractivity (Wildman–Crippen MR) is 142 cm³/mol. The largest absolute Gasteiger partial charge is 2.00 e. The summed E-state index contributed by atoms with van der Waals surface area (Å²) in [5.74, 6) is -0.0629. The van der Waals surface area contributed by atoms with Gasteiger partial charge in [-0.3, -0.25) is 0 Å². The van der Waals surface area contributed by atoms with Crippen LogP contribution in [0.15, 0.2) is 71.3 Å². The summed E-state index contributed by atoms with van der Waals surface area (Å²) in [4.78, 5) is 0. The second-order valence-electron chi connectivity index (χ2n) is 10.4. The van der Waals surface area contributed by atoms with Crippen molar-refractivity contribution in [3.8, 4) is 0 Å². The Morgan fingerprint density at radius 2 is 0.895 bits per heavy atom. The summed E-state index contributed by atoms with van der Waals surface area (Å²) in [6.07, 6.45) is 15.3. The van der Waals surface area contributed by atoms with Crippen molar-refractivity contribution in [1.82, 2.24) is 0 Å². The standard InChI is InChI=1S/2C14H20N2O2.H2O.Zn/c2*1-14(2,15)13(17)11-3-5-12(6-4-11)16-7-9-18-10-8-16;;/h2*3-6H,7-10,15H2,1-2H3;1H2;/q;;;+2. The maximum atomic E-state index is 12.0. The van der Waals surface area contributed by atoms with Crippen molar-refractivity contribution in [2.45, 2.75) is 38.8 Å². The van der Waals surface area contributed by atoms with Crippen LogP contribution in [0.5, 0.6) is 0 Å². The molecule has 0 atom stereocenters. The van der Waals surface area contributed by atoms with Crippen LogP contribution in [-0.2, 0) is 29.0 Å². The zero-order valence-electron chi connectivity index (χ0n) is 23.2. The van der Waals surface area contributed by atoms with E-state index < -0.39 is 11.1 Å². The van der Waals surface area contributed by atoms with Gasteiger partial charge in [0.05, 0.1) is 0 Å². The summed E-state index contributed by atoms with van der Waals surface area (Å²) in [5.41, 5.74) is 13.6. The van der Waals surface area contributed by atoms with Gasteiger partial charge in [-0.25, -0.2) is 9.15 Å². The van der Waals surface area contributed by atoms with Crippen molar-refractivity contribution in [3.05, 3.63) is 71.3 Å². The summed E-state index contributed by atoms with van der Waals surface area (Å²) in [6.45, 7) is 13.5. The molecule has 6 N–H and O–H groups in total. The third kappa shape index (κ3) is 9.52. The Labute approximate surface area is 239 Å². The minimum Gasteiger partial charge on any atom is -0.874 e. The molecule has 10 heteroatoms. The summed E-state index contributed by atoms with van der Waals surface area (Å²) in [6, 6.07) is 0. The topological polar surface area (TPSA) is 154 Å². The van der Waals surface area contributed by atoms with Crippen LogP contribution < -0.4 is 21.7 Å². The molecule has 2 heterocycles. The van der Waals surface area contributed by atoms with Crippen molar-refractivity contribution in [2.75, 3.05) is 52.6 Å². The number of allylic oxidation sites excluding steroid dienone is 10. The Morgan fingerprint density at radius 1 is 0.632 bits per heavy atom. The quantitative estimate of drug-likeness (QED) is 0.245. The molecule has 0 saturated carbocycles. The van der Waals surface area contributed by atoms with E-state index >= 15 is 0 Å². The number of ether oxygens (including phenoxy) is 2. The summed E-state index contributed by atoms with van der Waals surface area (Å²) in [5, 5.41) is 24.0. The predicted octanol–water partition coefficient (Wildman–Crippen LogP) is -0.932. The first-order valence-corrected chi connectivity index (χ1v) is 12.5. The molecule has 4 rings (SSSR count). The molecule has 0 aromatic rings. The fourth-order valence-electron chi connectivity index (χ4n) is 4.03. The van der Waals surface area contributed by atoms with Gasteiger partial charge in [0, 0.05) is 35.4 Å². The number of rotatable bonds is 2. The fraction of sp³-hybridized carbons (Fsp3) is 0.500. The average molecular weight is 580 g/mol. The molecule has 2 fully saturated rings. The zero-order valence-corrected chi connectivity index (χ0v) is 26.1. The molecular weight excluding hydrogens is 538 g/mol. The number of hydrogen-bond donors (Lipinski definition) is 2. The third-order valence-electron chi connectivity index (χ3n) is 6.18. The average Bonchev–Trinajstić information content (AvgIpc) is 2.88. The minimum absolute atomic E-state index is 0. The Kier molecular flexibility index (Phi) is 13.2. The van der Waals surface area contributed by atoms with Gasteiger partial charge in [-0.2, -0.15) is 0 Å². The van der Waals surface area contributed by atoms with Gasteiger partial charge < -0.3 is 36.6 Å². The third-order valence-corrected chi connectivity index (χ3v) is 6.18. The van der Waals surface area contributed by atoms with Crippen LogP contribution in [0.3, 0.4) is 0 Å². The van der Waals surface area contributed by atoms with Crippen molar-refractivity contribution in [3.63, 3.8) is 0 Å². The number of hydrogen-bond acceptors (Lipinski definition) is 6. The number of morpholine rings is 2. The molecule has 0 radical (unpaired) electrons. The molecular formula is C28H42N4O5Zn+2. The molecule has 2 aliphatic heterocycles. The summed E-state index contributed by atoms with van der Waals surface area (Å²) >= 11 is 0. The first-order chi connectivity index (χ1) is 17.0. The minimum atomic E-state index is -0.819. The molecule has 38 heavy (non-hydrogen) atoms. The van der Waals surface area contributed by atoms with Gasteiger partial charge in [0.1, 0.15) is 26.4 Å². The van der Waals surface area contributed by atoms with Crippen LogP contribution in [0.1, 0.15) is 27.7 Å². The fourth-order valence-corrected chi connectivity index (χ4v) is 4.03. The molecule has 0 aromatic carbocycles. The van der Waals surface area contributed by atoms with Gasteiger partial charge >= 0.3 is 19.5 Å². The molecule has 0 aromatic heterocycles. The molecule has 0 unspecified atom stereocenters. The van der Waals surface area contributed by atoms with Crippen LogP contribution in [0.4, 0.5) is 0 Å². The zero-order chi connectivity index (χ0) is 26.3. The van der Waals surface area contributed by atoms with E-state index in [1.165, 1.54) is 0 Å². The Bertz CT molecular complexity index is 946. The van der Waals surface area contributed by atoms with Crippen LogP contribution in [0.2, 0.25) is 0 Å². The van der Waals surface area contributed by atoms with Crippen molar-refractivity contribution >= 4 is 11.4 Å². The van der Waals surface area contributed by atoms with E-state index in [2.05, 4.69) is 9.15 Å². The van der Waals surface area contributed by atoms with Crippen LogP contribution >= 0.6 is 0 Å². The molecule has 0 bridgehead atoms. The first-order valence-electron chi connectivity index (χ1n) is 12.5. The number of nitrogens with two attached hydrogens (primary N) is 2. The monoisotopic (exact) mass is 578 g/mol. The molecule has 2 saturated heterocycles. The SMILES string of the molecule is CC(C)(N)C([O-])=C1C=CC(=[N+]2CCOCC2)C=C1.CC(C)(N)C([O-])=C1C=CC(=[N+]2CCOCC2)C=C1.O.[Zn+2]. The normalized spacial score (nSPS) is 19.4. The second kappa shape index (κ2) is 14.8. The van der Waals surface area contributed by atoms with Gasteiger partial charge in [-0.15, -0.1) is 11.5 Å². The Morgan fingerprint density at radius 3 is 1.13 bits per heavy atom. The van der Waals surface area contributed by atoms with E-state index in [1.807, 2.05) is 48.6 Å². The van der Waals surface area contributed by atoms with E-state index in [0.29, 0.717) is 11.1 Å². The first kappa shape index (κ1) is 33.8. The molecule has 0 amide bonds. The second-order valence-corrected chi connectivity index (χ2v) is 10.4. The molecule has 4 aliphatic rings. The van der Waals surface area contributed by atoms with Crippen LogP contribution in [0.25, 0.3) is 0 Å². The maximum Gasteiger partial charge on any atom is 2.00 e. The smallest absolute Gasteiger partial charge is 0.874 e. The van der Waals surface area contributed by atoms with Crippen molar-refractivity contribution < 1.29 is 53.8 Å². The Hall–Kier alpha value is -2.20. The Balaban J connectivity index is 0.000000361. The van der Waals surface area contributed by atoms with Gasteiger partial charge in [-0.1, -0.05) is 0 Å². The van der Waals surface area contributed by atoms with E-state index in [9.17, 15) is 10.2 Å². The molecule has 2 aliphatic carbocycles. The van der Waals surface area contributed by atoms with E-state index in [0.717, 1.165) is 64.0 Å². The summed E-state index contributed by atoms with van der Waals surface area (Å²) < 4.78 is 15.1. The van der Waals surface area contributed by atoms with Crippen LogP contribution in [-0.4, -0.2) is 89.7 Å². The number of nitrogens with zero attached hydrogens (tertiary/aromatic N) is 2. The van der Waals surface area contributed by atoms with Gasteiger partial charge in [0.15, 0.2) is 37.6 Å². The van der Waals surface area contributed by atoms with Crippen molar-refractivity contribution in [2.24, 2.45) is 11.5 Å². The van der Waals surface area contributed by atoms with Gasteiger partial charge in [0.2, 0.25) is 0 Å². The summed E-state index contributed by atoms with van der Waals surface area (Å²) in [7, 11) is 0. The van der Waals surface area contributed by atoms with E-state index in [1.54, 1.807) is 27.7 Å². The van der Waals surface area contributed by atoms with Crippen LogP contribution in [0, 0.1) is 0 Å². The molecule has 0 spiro atoms. The molecule has 204 valence electrons. The van der Waals surface area contributed by atoms with Crippen molar-refractivity contribution in [1.29, 1.82) is 0 Å². The molecule has 9 nitrogen and oxygen atoms in total. The van der Waals surface area contributed by atoms with Gasteiger partial charge in [-0.05, 0) is 63.1 Å². The van der Waals surface area contributed by atoms with Gasteiger partial charge in [0.25, 0.3) is 0 Å².